The molecule has 0 fully saturated rings. The maximum Gasteiger partial charge on any atom is 0.262 e. The van der Waals surface area contributed by atoms with Crippen LogP contribution in [0.25, 0.3) is 16.6 Å². The van der Waals surface area contributed by atoms with Crippen molar-refractivity contribution >= 4 is 21.2 Å². The molecule has 2 aromatic carbocycles. The van der Waals surface area contributed by atoms with Crippen molar-refractivity contribution < 1.29 is 8.42 Å². The fourth-order valence-corrected chi connectivity index (χ4v) is 4.58. The number of rotatable bonds is 4. The van der Waals surface area contributed by atoms with Gasteiger partial charge < -0.3 is 0 Å². The van der Waals surface area contributed by atoms with Gasteiger partial charge in [-0.3, -0.25) is 4.72 Å². The highest BCUT2D eigenvalue weighted by Crippen LogP contribution is 2.31. The molecule has 0 unspecified atom stereocenters. The van der Waals surface area contributed by atoms with Crippen molar-refractivity contribution in [2.45, 2.75) is 11.8 Å². The van der Waals surface area contributed by atoms with Crippen LogP contribution in [0.4, 0.5) is 5.69 Å². The fourth-order valence-electron chi connectivity index (χ4n) is 3.06. The first-order chi connectivity index (χ1) is 12.6. The first-order valence-corrected chi connectivity index (χ1v) is 9.65. The summed E-state index contributed by atoms with van der Waals surface area (Å²) >= 11 is 0. The molecule has 0 bridgehead atoms. The number of pyridine rings is 1. The Hall–Kier alpha value is -3.12. The molecule has 2 aromatic heterocycles. The van der Waals surface area contributed by atoms with Gasteiger partial charge in [-0.1, -0.05) is 54.6 Å². The van der Waals surface area contributed by atoms with Gasteiger partial charge in [-0.05, 0) is 30.2 Å². The summed E-state index contributed by atoms with van der Waals surface area (Å²) in [5.74, 6) is 0. The summed E-state index contributed by atoms with van der Waals surface area (Å²) in [6, 6.07) is 20.5. The molecule has 0 aliphatic heterocycles. The molecule has 0 aliphatic carbocycles. The number of fused-ring (bicyclic) bond motifs is 1. The van der Waals surface area contributed by atoms with Gasteiger partial charge in [-0.15, -0.1) is 0 Å². The van der Waals surface area contributed by atoms with Gasteiger partial charge in [0.05, 0.1) is 22.3 Å². The molecule has 0 amide bonds. The first kappa shape index (κ1) is 16.4. The fraction of sp³-hybridized carbons (Fsp3) is 0.0500. The van der Waals surface area contributed by atoms with E-state index in [1.807, 2.05) is 60.7 Å². The average molecular weight is 363 g/mol. The summed E-state index contributed by atoms with van der Waals surface area (Å²) in [5.41, 5.74) is 3.38. The molecule has 6 heteroatoms. The lowest BCUT2D eigenvalue weighted by Gasteiger charge is -2.14. The summed E-state index contributed by atoms with van der Waals surface area (Å²) in [6.07, 6.45) is 3.30. The van der Waals surface area contributed by atoms with Crippen molar-refractivity contribution in [1.29, 1.82) is 0 Å². The summed E-state index contributed by atoms with van der Waals surface area (Å²) in [7, 11) is -3.79. The second kappa shape index (κ2) is 6.31. The van der Waals surface area contributed by atoms with Crippen molar-refractivity contribution in [3.63, 3.8) is 0 Å². The van der Waals surface area contributed by atoms with Gasteiger partial charge in [-0.25, -0.2) is 12.9 Å². The highest BCUT2D eigenvalue weighted by molar-refractivity contribution is 7.93. The minimum absolute atomic E-state index is 0.279. The lowest BCUT2D eigenvalue weighted by Crippen LogP contribution is -2.15. The second-order valence-corrected chi connectivity index (χ2v) is 7.63. The van der Waals surface area contributed by atoms with Crippen LogP contribution in [0.5, 0.6) is 0 Å². The van der Waals surface area contributed by atoms with Crippen LogP contribution in [-0.2, 0) is 10.0 Å². The van der Waals surface area contributed by atoms with Crippen molar-refractivity contribution in [3.8, 4) is 11.1 Å². The maximum atomic E-state index is 13.2. The van der Waals surface area contributed by atoms with Gasteiger partial charge in [0.25, 0.3) is 10.0 Å². The van der Waals surface area contributed by atoms with Crippen LogP contribution in [0.1, 0.15) is 5.56 Å². The lowest BCUT2D eigenvalue weighted by atomic mass is 10.0. The largest absolute Gasteiger partial charge is 0.276 e. The van der Waals surface area contributed by atoms with E-state index in [9.17, 15) is 8.42 Å². The van der Waals surface area contributed by atoms with Gasteiger partial charge in [0, 0.05) is 11.8 Å². The summed E-state index contributed by atoms with van der Waals surface area (Å²) in [4.78, 5) is 0.279. The Kier molecular flexibility index (Phi) is 3.97. The molecule has 4 rings (SSSR count). The zero-order chi connectivity index (χ0) is 18.1. The molecular formula is C20H17N3O2S. The minimum atomic E-state index is -3.79. The van der Waals surface area contributed by atoms with Crippen LogP contribution in [0.2, 0.25) is 0 Å². The summed E-state index contributed by atoms with van der Waals surface area (Å²) in [5, 5.41) is 4.19. The van der Waals surface area contributed by atoms with E-state index in [-0.39, 0.29) is 4.90 Å². The number of aryl methyl sites for hydroxylation is 1. The average Bonchev–Trinajstić information content (AvgIpc) is 3.04. The zero-order valence-electron chi connectivity index (χ0n) is 14.1. The number of benzene rings is 2. The number of aromatic nitrogens is 2. The molecule has 0 saturated carbocycles. The van der Waals surface area contributed by atoms with E-state index in [1.54, 1.807) is 23.7 Å². The summed E-state index contributed by atoms with van der Waals surface area (Å²) in [6.45, 7) is 1.80. The number of hydrogen-bond donors (Lipinski definition) is 1. The third kappa shape index (κ3) is 2.84. The molecule has 1 N–H and O–H groups in total. The monoisotopic (exact) mass is 363 g/mol. The maximum absolute atomic E-state index is 13.2. The van der Waals surface area contributed by atoms with E-state index in [0.717, 1.165) is 5.56 Å². The van der Waals surface area contributed by atoms with Gasteiger partial charge >= 0.3 is 0 Å². The smallest absolute Gasteiger partial charge is 0.262 e. The second-order valence-electron chi connectivity index (χ2n) is 6.01. The Morgan fingerprint density at radius 1 is 0.923 bits per heavy atom. The predicted octanol–water partition coefficient (Wildman–Crippen LogP) is 4.11. The molecular weight excluding hydrogens is 346 g/mol. The topological polar surface area (TPSA) is 63.5 Å². The molecule has 130 valence electrons. The van der Waals surface area contributed by atoms with E-state index in [1.165, 1.54) is 6.20 Å². The molecule has 4 aromatic rings. The minimum Gasteiger partial charge on any atom is -0.276 e. The Balaban J connectivity index is 1.84. The molecule has 2 heterocycles. The standard InChI is InChI=1S/C20H17N3O2S/c1-15-8-7-11-17(16-9-3-2-4-10-16)20(15)26(24,25)22-18-14-21-23-13-6-5-12-19(18)23/h2-14,22H,1H3. The van der Waals surface area contributed by atoms with Gasteiger partial charge in [0.15, 0.2) is 0 Å². The van der Waals surface area contributed by atoms with Crippen LogP contribution in [0, 0.1) is 6.92 Å². The van der Waals surface area contributed by atoms with Gasteiger partial charge in [0.2, 0.25) is 0 Å². The Labute approximate surface area is 152 Å². The SMILES string of the molecule is Cc1cccc(-c2ccccc2)c1S(=O)(=O)Nc1cnn2ccccc12. The van der Waals surface area contributed by atoms with E-state index < -0.39 is 10.0 Å². The van der Waals surface area contributed by atoms with E-state index in [4.69, 9.17) is 0 Å². The van der Waals surface area contributed by atoms with Crippen LogP contribution in [-0.4, -0.2) is 18.0 Å². The van der Waals surface area contributed by atoms with Gasteiger partial charge in [-0.2, -0.15) is 5.10 Å². The number of anilines is 1. The molecule has 5 nitrogen and oxygen atoms in total. The van der Waals surface area contributed by atoms with Crippen LogP contribution < -0.4 is 4.72 Å². The van der Waals surface area contributed by atoms with E-state index in [0.29, 0.717) is 22.3 Å². The molecule has 26 heavy (non-hydrogen) atoms. The molecule has 0 atom stereocenters. The summed E-state index contributed by atoms with van der Waals surface area (Å²) < 4.78 is 30.8. The third-order valence-corrected chi connectivity index (χ3v) is 5.80. The molecule has 0 spiro atoms. The quantitative estimate of drug-likeness (QED) is 0.593. The Bertz CT molecular complexity index is 1180. The van der Waals surface area contributed by atoms with Crippen LogP contribution in [0.3, 0.4) is 0 Å². The Morgan fingerprint density at radius 2 is 1.69 bits per heavy atom. The predicted molar refractivity (Wildman–Crippen MR) is 103 cm³/mol. The molecule has 0 aliphatic rings. The van der Waals surface area contributed by atoms with Crippen molar-refractivity contribution in [2.75, 3.05) is 4.72 Å². The third-order valence-electron chi connectivity index (χ3n) is 4.24. The highest BCUT2D eigenvalue weighted by atomic mass is 32.2. The number of sulfonamides is 1. The van der Waals surface area contributed by atoms with Crippen LogP contribution in [0.15, 0.2) is 84.0 Å². The molecule has 0 radical (unpaired) electrons. The first-order valence-electron chi connectivity index (χ1n) is 8.16. The van der Waals surface area contributed by atoms with Crippen molar-refractivity contribution in [3.05, 3.63) is 84.7 Å². The van der Waals surface area contributed by atoms with Crippen LogP contribution >= 0.6 is 0 Å². The normalized spacial score (nSPS) is 11.6. The van der Waals surface area contributed by atoms with E-state index in [2.05, 4.69) is 9.82 Å². The van der Waals surface area contributed by atoms with Gasteiger partial charge in [0.1, 0.15) is 0 Å². The number of nitrogens with one attached hydrogen (secondary N) is 1. The zero-order valence-corrected chi connectivity index (χ0v) is 14.9. The van der Waals surface area contributed by atoms with E-state index >= 15 is 0 Å². The Morgan fingerprint density at radius 3 is 2.50 bits per heavy atom. The van der Waals surface area contributed by atoms with Crippen molar-refractivity contribution in [1.82, 2.24) is 9.61 Å². The number of nitrogens with zero attached hydrogens (tertiary/aromatic N) is 2. The lowest BCUT2D eigenvalue weighted by molar-refractivity contribution is 0.601. The number of hydrogen-bond acceptors (Lipinski definition) is 3. The molecule has 0 saturated heterocycles. The highest BCUT2D eigenvalue weighted by Gasteiger charge is 2.23. The van der Waals surface area contributed by atoms with Crippen molar-refractivity contribution in [2.24, 2.45) is 0 Å².